The molecule has 2 heterocycles. The van der Waals surface area contributed by atoms with E-state index >= 15 is 0 Å². The van der Waals surface area contributed by atoms with Crippen molar-refractivity contribution in [2.75, 3.05) is 19.1 Å². The lowest BCUT2D eigenvalue weighted by molar-refractivity contribution is 0.0953. The largest absolute Gasteiger partial charge is 0.454 e. The standard InChI is InChI=1S/C13H15N5O3/c14-9-5-11-10(20-7-21-11)4-8(9)13(19)15-3-1-2-12-16-6-17-18-12/h4-6H,1-3,7,14H2,(H,15,19)(H,16,17,18). The zero-order valence-corrected chi connectivity index (χ0v) is 11.3. The molecule has 0 radical (unpaired) electrons. The molecule has 0 saturated carbocycles. The first-order chi connectivity index (χ1) is 10.2. The van der Waals surface area contributed by atoms with Crippen LogP contribution in [-0.4, -0.2) is 34.4 Å². The fourth-order valence-electron chi connectivity index (χ4n) is 2.06. The van der Waals surface area contributed by atoms with Crippen LogP contribution in [0.15, 0.2) is 18.5 Å². The van der Waals surface area contributed by atoms with Crippen LogP contribution in [0.3, 0.4) is 0 Å². The number of nitrogens with two attached hydrogens (primary N) is 1. The van der Waals surface area contributed by atoms with Crippen LogP contribution >= 0.6 is 0 Å². The van der Waals surface area contributed by atoms with Gasteiger partial charge in [-0.3, -0.25) is 9.89 Å². The number of aromatic amines is 1. The molecular weight excluding hydrogens is 274 g/mol. The fourth-order valence-corrected chi connectivity index (χ4v) is 2.06. The summed E-state index contributed by atoms with van der Waals surface area (Å²) in [5, 5.41) is 9.35. The SMILES string of the molecule is Nc1cc2c(cc1C(=O)NCCCc1ncn[nH]1)OCO2. The number of H-pyrrole nitrogens is 1. The van der Waals surface area contributed by atoms with E-state index in [1.54, 1.807) is 12.1 Å². The van der Waals surface area contributed by atoms with Crippen molar-refractivity contribution >= 4 is 11.6 Å². The van der Waals surface area contributed by atoms with E-state index in [-0.39, 0.29) is 12.7 Å². The maximum atomic E-state index is 12.1. The third-order valence-corrected chi connectivity index (χ3v) is 3.13. The van der Waals surface area contributed by atoms with E-state index in [9.17, 15) is 4.79 Å². The van der Waals surface area contributed by atoms with Crippen molar-refractivity contribution < 1.29 is 14.3 Å². The van der Waals surface area contributed by atoms with Crippen LogP contribution in [0, 0.1) is 0 Å². The summed E-state index contributed by atoms with van der Waals surface area (Å²) in [4.78, 5) is 16.1. The maximum Gasteiger partial charge on any atom is 0.253 e. The number of benzene rings is 1. The van der Waals surface area contributed by atoms with E-state index in [1.165, 1.54) is 6.33 Å². The third kappa shape index (κ3) is 2.88. The molecule has 4 N–H and O–H groups in total. The number of aromatic nitrogens is 3. The number of nitrogens with one attached hydrogen (secondary N) is 2. The van der Waals surface area contributed by atoms with Gasteiger partial charge in [-0.05, 0) is 12.5 Å². The molecule has 21 heavy (non-hydrogen) atoms. The number of nitrogens with zero attached hydrogens (tertiary/aromatic N) is 2. The second-order valence-electron chi connectivity index (χ2n) is 4.58. The minimum Gasteiger partial charge on any atom is -0.454 e. The lowest BCUT2D eigenvalue weighted by Gasteiger charge is -2.08. The predicted octanol–water partition coefficient (Wildman–Crippen LogP) is 0.478. The molecule has 8 heteroatoms. The number of fused-ring (bicyclic) bond motifs is 1. The van der Waals surface area contributed by atoms with Gasteiger partial charge in [0.1, 0.15) is 12.2 Å². The van der Waals surface area contributed by atoms with Crippen molar-refractivity contribution in [3.8, 4) is 11.5 Å². The molecule has 0 aliphatic carbocycles. The Morgan fingerprint density at radius 3 is 2.95 bits per heavy atom. The highest BCUT2D eigenvalue weighted by atomic mass is 16.7. The first kappa shape index (κ1) is 13.2. The number of amides is 1. The monoisotopic (exact) mass is 289 g/mol. The second kappa shape index (κ2) is 5.70. The summed E-state index contributed by atoms with van der Waals surface area (Å²) in [6.07, 6.45) is 2.93. The molecule has 0 fully saturated rings. The summed E-state index contributed by atoms with van der Waals surface area (Å²) < 4.78 is 10.4. The van der Waals surface area contributed by atoms with Crippen LogP contribution in [0.25, 0.3) is 0 Å². The number of nitrogen functional groups attached to an aromatic ring is 1. The third-order valence-electron chi connectivity index (χ3n) is 3.13. The summed E-state index contributed by atoms with van der Waals surface area (Å²) >= 11 is 0. The number of hydrogen-bond donors (Lipinski definition) is 3. The normalized spacial score (nSPS) is 12.4. The number of rotatable bonds is 5. The van der Waals surface area contributed by atoms with Crippen LogP contribution < -0.4 is 20.5 Å². The van der Waals surface area contributed by atoms with E-state index < -0.39 is 0 Å². The van der Waals surface area contributed by atoms with Gasteiger partial charge in [-0.15, -0.1) is 0 Å². The molecule has 1 aromatic heterocycles. The van der Waals surface area contributed by atoms with Crippen LogP contribution in [0.1, 0.15) is 22.6 Å². The Hall–Kier alpha value is -2.77. The minimum atomic E-state index is -0.233. The molecule has 0 unspecified atom stereocenters. The average molecular weight is 289 g/mol. The molecule has 0 atom stereocenters. The number of carbonyl (C=O) groups is 1. The van der Waals surface area contributed by atoms with Crippen molar-refractivity contribution in [1.29, 1.82) is 0 Å². The van der Waals surface area contributed by atoms with Crippen molar-refractivity contribution in [1.82, 2.24) is 20.5 Å². The lowest BCUT2D eigenvalue weighted by Crippen LogP contribution is -2.25. The molecule has 0 saturated heterocycles. The molecule has 1 aromatic carbocycles. The number of hydrogen-bond acceptors (Lipinski definition) is 6. The van der Waals surface area contributed by atoms with Crippen molar-refractivity contribution in [2.45, 2.75) is 12.8 Å². The van der Waals surface area contributed by atoms with Gasteiger partial charge in [0.15, 0.2) is 11.5 Å². The van der Waals surface area contributed by atoms with Gasteiger partial charge in [0.05, 0.1) is 5.56 Å². The topological polar surface area (TPSA) is 115 Å². The molecule has 3 rings (SSSR count). The van der Waals surface area contributed by atoms with Gasteiger partial charge in [-0.1, -0.05) is 0 Å². The van der Waals surface area contributed by atoms with Crippen molar-refractivity contribution in [3.63, 3.8) is 0 Å². The van der Waals surface area contributed by atoms with Gasteiger partial charge in [0.2, 0.25) is 6.79 Å². The van der Waals surface area contributed by atoms with Crippen molar-refractivity contribution in [2.24, 2.45) is 0 Å². The molecule has 0 spiro atoms. The predicted molar refractivity (Wildman–Crippen MR) is 74.0 cm³/mol. The van der Waals surface area contributed by atoms with E-state index in [2.05, 4.69) is 20.5 Å². The van der Waals surface area contributed by atoms with Crippen LogP contribution in [0.5, 0.6) is 11.5 Å². The number of carbonyl (C=O) groups excluding carboxylic acids is 1. The van der Waals surface area contributed by atoms with Gasteiger partial charge in [0.25, 0.3) is 5.91 Å². The van der Waals surface area contributed by atoms with Crippen molar-refractivity contribution in [3.05, 3.63) is 29.8 Å². The zero-order valence-electron chi connectivity index (χ0n) is 11.3. The minimum absolute atomic E-state index is 0.150. The lowest BCUT2D eigenvalue weighted by atomic mass is 10.1. The smallest absolute Gasteiger partial charge is 0.253 e. The average Bonchev–Trinajstić information content (AvgIpc) is 3.13. The molecule has 1 aliphatic heterocycles. The second-order valence-corrected chi connectivity index (χ2v) is 4.58. The summed E-state index contributed by atoms with van der Waals surface area (Å²) in [5.41, 5.74) is 6.61. The first-order valence-corrected chi connectivity index (χ1v) is 6.55. The maximum absolute atomic E-state index is 12.1. The summed E-state index contributed by atoms with van der Waals surface area (Å²) in [5.74, 6) is 1.67. The molecule has 0 bridgehead atoms. The number of anilines is 1. The Bertz CT molecular complexity index is 642. The van der Waals surface area contributed by atoms with E-state index in [1.807, 2.05) is 0 Å². The molecule has 2 aromatic rings. The van der Waals surface area contributed by atoms with E-state index in [0.717, 1.165) is 18.7 Å². The molecular formula is C13H15N5O3. The van der Waals surface area contributed by atoms with Crippen LogP contribution in [0.4, 0.5) is 5.69 Å². The van der Waals surface area contributed by atoms with Gasteiger partial charge in [-0.25, -0.2) is 4.98 Å². The Morgan fingerprint density at radius 2 is 2.19 bits per heavy atom. The van der Waals surface area contributed by atoms with Gasteiger partial charge < -0.3 is 20.5 Å². The molecule has 110 valence electrons. The van der Waals surface area contributed by atoms with Crippen LogP contribution in [-0.2, 0) is 6.42 Å². The summed E-state index contributed by atoms with van der Waals surface area (Å²) in [6.45, 7) is 0.671. The Kier molecular flexibility index (Phi) is 3.59. The van der Waals surface area contributed by atoms with Gasteiger partial charge >= 0.3 is 0 Å². The molecule has 1 amide bonds. The van der Waals surface area contributed by atoms with Gasteiger partial charge in [0, 0.05) is 24.7 Å². The highest BCUT2D eigenvalue weighted by Gasteiger charge is 2.19. The summed E-state index contributed by atoms with van der Waals surface area (Å²) in [7, 11) is 0. The highest BCUT2D eigenvalue weighted by molar-refractivity contribution is 6.00. The zero-order chi connectivity index (χ0) is 14.7. The highest BCUT2D eigenvalue weighted by Crippen LogP contribution is 2.35. The quantitative estimate of drug-likeness (QED) is 0.544. The van der Waals surface area contributed by atoms with Crippen LogP contribution in [0.2, 0.25) is 0 Å². The first-order valence-electron chi connectivity index (χ1n) is 6.55. The van der Waals surface area contributed by atoms with E-state index in [4.69, 9.17) is 15.2 Å². The summed E-state index contributed by atoms with van der Waals surface area (Å²) in [6, 6.07) is 3.20. The van der Waals surface area contributed by atoms with Gasteiger partial charge in [-0.2, -0.15) is 5.10 Å². The van der Waals surface area contributed by atoms with E-state index in [0.29, 0.717) is 29.3 Å². The Labute approximate surface area is 120 Å². The number of ether oxygens (including phenoxy) is 2. The Morgan fingerprint density at radius 1 is 1.38 bits per heavy atom. The fraction of sp³-hybridized carbons (Fsp3) is 0.308. The molecule has 8 nitrogen and oxygen atoms in total. The number of aryl methyl sites for hydroxylation is 1. The molecule has 1 aliphatic rings. The Balaban J connectivity index is 1.55.